The quantitative estimate of drug-likeness (QED) is 0.806. The molecule has 2 fully saturated rings. The summed E-state index contributed by atoms with van der Waals surface area (Å²) in [5, 5.41) is 0. The summed E-state index contributed by atoms with van der Waals surface area (Å²) in [7, 11) is -1.20. The van der Waals surface area contributed by atoms with Crippen molar-refractivity contribution >= 4 is 22.6 Å². The minimum absolute atomic E-state index is 0.0604. The second-order valence-corrected chi connectivity index (χ2v) is 8.09. The van der Waals surface area contributed by atoms with Gasteiger partial charge in [-0.15, -0.1) is 0 Å². The molecule has 1 saturated heterocycles. The molecule has 0 radical (unpaired) electrons. The summed E-state index contributed by atoms with van der Waals surface area (Å²) in [6.45, 7) is 4.30. The van der Waals surface area contributed by atoms with Crippen LogP contribution in [0.15, 0.2) is 24.3 Å². The summed E-state index contributed by atoms with van der Waals surface area (Å²) in [4.78, 5) is 28.0. The zero-order chi connectivity index (χ0) is 17.1. The van der Waals surface area contributed by atoms with Crippen molar-refractivity contribution in [1.82, 2.24) is 9.80 Å². The van der Waals surface area contributed by atoms with E-state index in [0.29, 0.717) is 31.9 Å². The van der Waals surface area contributed by atoms with E-state index in [-0.39, 0.29) is 23.5 Å². The Labute approximate surface area is 145 Å². The van der Waals surface area contributed by atoms with Crippen LogP contribution < -0.4 is 0 Å². The molecule has 1 atom stereocenters. The molecule has 1 aromatic carbocycles. The van der Waals surface area contributed by atoms with E-state index in [2.05, 4.69) is 0 Å². The van der Waals surface area contributed by atoms with Crippen molar-refractivity contribution in [3.63, 3.8) is 0 Å². The first-order valence-corrected chi connectivity index (χ1v) is 9.99. The highest BCUT2D eigenvalue weighted by atomic mass is 32.2. The zero-order valence-corrected chi connectivity index (χ0v) is 14.9. The molecule has 0 unspecified atom stereocenters. The van der Waals surface area contributed by atoms with Gasteiger partial charge in [0.05, 0.1) is 0 Å². The lowest BCUT2D eigenvalue weighted by molar-refractivity contribution is -0.139. The number of carbonyl (C=O) groups is 2. The van der Waals surface area contributed by atoms with Crippen LogP contribution in [0.4, 0.5) is 0 Å². The van der Waals surface area contributed by atoms with Crippen LogP contribution in [0.2, 0.25) is 0 Å². The topological polar surface area (TPSA) is 57.7 Å². The molecule has 0 N–H and O–H groups in total. The third-order valence-electron chi connectivity index (χ3n) is 4.73. The Morgan fingerprint density at radius 2 is 1.71 bits per heavy atom. The summed E-state index contributed by atoms with van der Waals surface area (Å²) in [6.07, 6.45) is 2.02. The summed E-state index contributed by atoms with van der Waals surface area (Å²) in [6, 6.07) is 7.83. The summed E-state index contributed by atoms with van der Waals surface area (Å²) >= 11 is 0. The lowest BCUT2D eigenvalue weighted by Crippen LogP contribution is -2.51. The van der Waals surface area contributed by atoms with E-state index < -0.39 is 10.8 Å². The van der Waals surface area contributed by atoms with Crippen molar-refractivity contribution in [1.29, 1.82) is 0 Å². The average molecular weight is 348 g/mol. The number of nitrogens with zero attached hydrogens (tertiary/aromatic N) is 2. The van der Waals surface area contributed by atoms with Gasteiger partial charge in [0.2, 0.25) is 11.8 Å². The van der Waals surface area contributed by atoms with Crippen molar-refractivity contribution in [3.05, 3.63) is 35.4 Å². The van der Waals surface area contributed by atoms with Gasteiger partial charge in [0.15, 0.2) is 0 Å². The molecule has 3 rings (SSSR count). The van der Waals surface area contributed by atoms with Gasteiger partial charge in [-0.2, -0.15) is 0 Å². The molecule has 0 bridgehead atoms. The Kier molecular flexibility index (Phi) is 5.33. The third-order valence-corrected chi connectivity index (χ3v) is 5.93. The number of hydrogen-bond donors (Lipinski definition) is 0. The smallest absolute Gasteiger partial charge is 0.235 e. The van der Waals surface area contributed by atoms with Crippen LogP contribution in [0.1, 0.15) is 24.0 Å². The fourth-order valence-corrected chi connectivity index (χ4v) is 4.22. The predicted octanol–water partition coefficient (Wildman–Crippen LogP) is 1.32. The van der Waals surface area contributed by atoms with Crippen LogP contribution >= 0.6 is 0 Å². The minimum Gasteiger partial charge on any atom is -0.339 e. The Morgan fingerprint density at radius 1 is 1.08 bits per heavy atom. The number of carbonyl (C=O) groups excluding carboxylic acids is 2. The molecule has 24 heavy (non-hydrogen) atoms. The van der Waals surface area contributed by atoms with Crippen LogP contribution in [-0.4, -0.2) is 57.8 Å². The van der Waals surface area contributed by atoms with Crippen LogP contribution in [0.5, 0.6) is 0 Å². The van der Waals surface area contributed by atoms with Crippen molar-refractivity contribution in [3.8, 4) is 0 Å². The standard InChI is InChI=1S/C18H24N2O3S/c1-14-4-2-3-5-16(14)12-24(23)13-17(21)19-8-10-20(11-9-19)18(22)15-6-7-15/h2-5,15H,6-13H2,1H3/t24-/m1/s1. The molecule has 6 heteroatoms. The predicted molar refractivity (Wildman–Crippen MR) is 93.8 cm³/mol. The normalized spacial score (nSPS) is 19.2. The second kappa shape index (κ2) is 7.47. The van der Waals surface area contributed by atoms with Gasteiger partial charge in [0, 0.05) is 48.6 Å². The highest BCUT2D eigenvalue weighted by Crippen LogP contribution is 2.31. The lowest BCUT2D eigenvalue weighted by atomic mass is 10.1. The monoisotopic (exact) mass is 348 g/mol. The second-order valence-electron chi connectivity index (χ2n) is 6.64. The minimum atomic E-state index is -1.20. The molecule has 1 aromatic rings. The van der Waals surface area contributed by atoms with Gasteiger partial charge in [0.1, 0.15) is 5.75 Å². The molecule has 1 heterocycles. The molecular formula is C18H24N2O3S. The van der Waals surface area contributed by atoms with Crippen molar-refractivity contribution in [2.45, 2.75) is 25.5 Å². The Bertz CT molecular complexity index is 649. The number of aryl methyl sites for hydroxylation is 1. The molecule has 2 amide bonds. The SMILES string of the molecule is Cc1ccccc1C[S@@](=O)CC(=O)N1CCN(C(=O)C2CC2)CC1. The Hall–Kier alpha value is -1.69. The highest BCUT2D eigenvalue weighted by molar-refractivity contribution is 7.84. The molecule has 0 spiro atoms. The molecule has 1 aliphatic heterocycles. The maximum absolute atomic E-state index is 12.3. The van der Waals surface area contributed by atoms with Gasteiger partial charge in [-0.05, 0) is 30.9 Å². The first-order valence-electron chi connectivity index (χ1n) is 8.50. The third kappa shape index (κ3) is 4.23. The number of hydrogen-bond acceptors (Lipinski definition) is 3. The fraction of sp³-hybridized carbons (Fsp3) is 0.556. The summed E-state index contributed by atoms with van der Waals surface area (Å²) < 4.78 is 12.3. The van der Waals surface area contributed by atoms with E-state index in [0.717, 1.165) is 24.0 Å². The highest BCUT2D eigenvalue weighted by Gasteiger charge is 2.35. The van der Waals surface area contributed by atoms with Gasteiger partial charge in [-0.3, -0.25) is 13.8 Å². The van der Waals surface area contributed by atoms with E-state index in [4.69, 9.17) is 0 Å². The number of rotatable bonds is 5. The molecule has 5 nitrogen and oxygen atoms in total. The van der Waals surface area contributed by atoms with Crippen LogP contribution in [-0.2, 0) is 26.1 Å². The van der Waals surface area contributed by atoms with Gasteiger partial charge < -0.3 is 9.80 Å². The van der Waals surface area contributed by atoms with Crippen LogP contribution in [0.3, 0.4) is 0 Å². The zero-order valence-electron chi connectivity index (χ0n) is 14.1. The lowest BCUT2D eigenvalue weighted by Gasteiger charge is -2.34. The van der Waals surface area contributed by atoms with Crippen LogP contribution in [0.25, 0.3) is 0 Å². The van der Waals surface area contributed by atoms with Crippen LogP contribution in [0, 0.1) is 12.8 Å². The molecule has 1 saturated carbocycles. The summed E-state index contributed by atoms with van der Waals surface area (Å²) in [5.41, 5.74) is 2.13. The van der Waals surface area contributed by atoms with Crippen molar-refractivity contribution < 1.29 is 13.8 Å². The maximum Gasteiger partial charge on any atom is 0.235 e. The molecular weight excluding hydrogens is 324 g/mol. The van der Waals surface area contributed by atoms with Crippen molar-refractivity contribution in [2.75, 3.05) is 31.9 Å². The first kappa shape index (κ1) is 17.1. The van der Waals surface area contributed by atoms with E-state index in [9.17, 15) is 13.8 Å². The molecule has 2 aliphatic rings. The van der Waals surface area contributed by atoms with E-state index in [1.165, 1.54) is 0 Å². The Balaban J connectivity index is 1.46. The van der Waals surface area contributed by atoms with Gasteiger partial charge in [0.25, 0.3) is 0 Å². The van der Waals surface area contributed by atoms with Crippen molar-refractivity contribution in [2.24, 2.45) is 5.92 Å². The average Bonchev–Trinajstić information content (AvgIpc) is 3.41. The largest absolute Gasteiger partial charge is 0.339 e. The van der Waals surface area contributed by atoms with Gasteiger partial charge >= 0.3 is 0 Å². The molecule has 1 aliphatic carbocycles. The van der Waals surface area contributed by atoms with E-state index in [1.54, 1.807) is 4.90 Å². The fourth-order valence-electron chi connectivity index (χ4n) is 2.99. The number of amides is 2. The summed E-state index contributed by atoms with van der Waals surface area (Å²) in [5.74, 6) is 0.878. The number of piperazine rings is 1. The maximum atomic E-state index is 12.3. The van der Waals surface area contributed by atoms with Gasteiger partial charge in [-0.25, -0.2) is 0 Å². The van der Waals surface area contributed by atoms with Gasteiger partial charge in [-0.1, -0.05) is 24.3 Å². The van der Waals surface area contributed by atoms with E-state index in [1.807, 2.05) is 36.1 Å². The molecule has 0 aromatic heterocycles. The first-order chi connectivity index (χ1) is 11.5. The Morgan fingerprint density at radius 3 is 2.33 bits per heavy atom. The number of benzene rings is 1. The molecule has 130 valence electrons. The van der Waals surface area contributed by atoms with E-state index >= 15 is 0 Å².